The molecule has 0 unspecified atom stereocenters. The van der Waals surface area contributed by atoms with Crippen LogP contribution in [0.15, 0.2) is 24.3 Å². The lowest BCUT2D eigenvalue weighted by Gasteiger charge is -2.35. The molecular formula is C14H22FN3O3S. The van der Waals surface area contributed by atoms with Gasteiger partial charge in [-0.15, -0.1) is 0 Å². The summed E-state index contributed by atoms with van der Waals surface area (Å²) < 4.78 is 40.3. The summed E-state index contributed by atoms with van der Waals surface area (Å²) in [5, 5.41) is 10.1. The monoisotopic (exact) mass is 331 g/mol. The number of benzene rings is 1. The summed E-state index contributed by atoms with van der Waals surface area (Å²) in [5.74, 6) is -0.427. The number of nitrogens with zero attached hydrogens (tertiary/aromatic N) is 3. The predicted octanol–water partition coefficient (Wildman–Crippen LogP) is 0.283. The molecule has 8 heteroatoms. The third kappa shape index (κ3) is 3.82. The lowest BCUT2D eigenvalue weighted by atomic mass is 10.1. The second-order valence-electron chi connectivity index (χ2n) is 5.53. The zero-order valence-electron chi connectivity index (χ0n) is 12.8. The van der Waals surface area contributed by atoms with Gasteiger partial charge in [0.2, 0.25) is 0 Å². The predicted molar refractivity (Wildman–Crippen MR) is 82.0 cm³/mol. The van der Waals surface area contributed by atoms with Gasteiger partial charge in [0.15, 0.2) is 0 Å². The van der Waals surface area contributed by atoms with Crippen LogP contribution in [-0.4, -0.2) is 73.9 Å². The summed E-state index contributed by atoms with van der Waals surface area (Å²) in [5.41, 5.74) is 0.269. The molecule has 6 nitrogen and oxygen atoms in total. The van der Waals surface area contributed by atoms with Crippen LogP contribution in [0.1, 0.15) is 11.7 Å². The van der Waals surface area contributed by atoms with Crippen molar-refractivity contribution in [2.45, 2.75) is 6.10 Å². The highest BCUT2D eigenvalue weighted by molar-refractivity contribution is 7.86. The first-order valence-corrected chi connectivity index (χ1v) is 8.54. The van der Waals surface area contributed by atoms with Gasteiger partial charge in [-0.1, -0.05) is 18.2 Å². The van der Waals surface area contributed by atoms with Crippen LogP contribution < -0.4 is 0 Å². The number of rotatable bonds is 5. The van der Waals surface area contributed by atoms with E-state index in [1.54, 1.807) is 18.2 Å². The minimum Gasteiger partial charge on any atom is -0.387 e. The summed E-state index contributed by atoms with van der Waals surface area (Å²) in [7, 11) is -0.386. The van der Waals surface area contributed by atoms with E-state index in [4.69, 9.17) is 0 Å². The fraction of sp³-hybridized carbons (Fsp3) is 0.571. The van der Waals surface area contributed by atoms with Crippen molar-refractivity contribution in [3.05, 3.63) is 35.6 Å². The Kier molecular flexibility index (Phi) is 5.51. The number of hydrogen-bond donors (Lipinski definition) is 1. The van der Waals surface area contributed by atoms with E-state index in [0.717, 1.165) is 0 Å². The Morgan fingerprint density at radius 2 is 1.82 bits per heavy atom. The molecule has 0 saturated carbocycles. The van der Waals surface area contributed by atoms with Gasteiger partial charge < -0.3 is 5.11 Å². The molecule has 1 aromatic rings. The van der Waals surface area contributed by atoms with Crippen molar-refractivity contribution in [2.24, 2.45) is 0 Å². The van der Waals surface area contributed by atoms with Crippen molar-refractivity contribution in [2.75, 3.05) is 46.8 Å². The number of β-amino-alcohol motifs (C(OH)–C–C–N with tert-alkyl or cyclic N) is 1. The van der Waals surface area contributed by atoms with Gasteiger partial charge in [0, 0.05) is 52.4 Å². The lowest BCUT2D eigenvalue weighted by molar-refractivity contribution is 0.0889. The molecular weight excluding hydrogens is 309 g/mol. The highest BCUT2D eigenvalue weighted by atomic mass is 32.2. The van der Waals surface area contributed by atoms with Crippen molar-refractivity contribution < 1.29 is 17.9 Å². The molecule has 1 fully saturated rings. The van der Waals surface area contributed by atoms with Crippen molar-refractivity contribution in [1.29, 1.82) is 0 Å². The van der Waals surface area contributed by atoms with Gasteiger partial charge in [-0.2, -0.15) is 17.0 Å². The van der Waals surface area contributed by atoms with Gasteiger partial charge >= 0.3 is 0 Å². The van der Waals surface area contributed by atoms with Gasteiger partial charge in [0.1, 0.15) is 5.82 Å². The molecule has 0 aliphatic carbocycles. The minimum atomic E-state index is -3.39. The molecule has 0 radical (unpaired) electrons. The zero-order valence-corrected chi connectivity index (χ0v) is 13.6. The van der Waals surface area contributed by atoms with Crippen LogP contribution in [0.2, 0.25) is 0 Å². The summed E-state index contributed by atoms with van der Waals surface area (Å²) in [6, 6.07) is 6.15. The number of piperazine rings is 1. The molecule has 0 spiro atoms. The smallest absolute Gasteiger partial charge is 0.281 e. The van der Waals surface area contributed by atoms with E-state index in [1.807, 2.05) is 4.90 Å². The first-order chi connectivity index (χ1) is 10.3. The van der Waals surface area contributed by atoms with E-state index in [1.165, 1.54) is 28.8 Å². The van der Waals surface area contributed by atoms with E-state index < -0.39 is 22.1 Å². The number of aliphatic hydroxyl groups excluding tert-OH is 1. The Morgan fingerprint density at radius 1 is 1.23 bits per heavy atom. The van der Waals surface area contributed by atoms with E-state index in [9.17, 15) is 17.9 Å². The Morgan fingerprint density at radius 3 is 2.36 bits per heavy atom. The summed E-state index contributed by atoms with van der Waals surface area (Å²) in [4.78, 5) is 1.94. The quantitative estimate of drug-likeness (QED) is 0.842. The van der Waals surface area contributed by atoms with E-state index in [0.29, 0.717) is 26.2 Å². The second-order valence-corrected chi connectivity index (χ2v) is 7.67. The molecule has 1 aliphatic rings. The highest BCUT2D eigenvalue weighted by Crippen LogP contribution is 2.19. The number of halogens is 1. The van der Waals surface area contributed by atoms with Crippen molar-refractivity contribution in [1.82, 2.24) is 13.5 Å². The summed E-state index contributed by atoms with van der Waals surface area (Å²) in [6.45, 7) is 2.04. The van der Waals surface area contributed by atoms with Gasteiger partial charge in [0.25, 0.3) is 10.2 Å². The van der Waals surface area contributed by atoms with E-state index in [2.05, 4.69) is 0 Å². The summed E-state index contributed by atoms with van der Waals surface area (Å²) in [6.07, 6.45) is -0.918. The standard InChI is InChI=1S/C14H22FN3O3S/c1-16(2)22(20,21)18-9-7-17(8-10-18)11-14(19)12-5-3-4-6-13(12)15/h3-6,14,19H,7-11H2,1-2H3/t14-/m1/s1. The molecule has 1 heterocycles. The van der Waals surface area contributed by atoms with Crippen molar-refractivity contribution >= 4 is 10.2 Å². The number of aliphatic hydroxyl groups is 1. The molecule has 1 saturated heterocycles. The molecule has 1 aromatic carbocycles. The molecule has 0 amide bonds. The van der Waals surface area contributed by atoms with Gasteiger partial charge in [-0.25, -0.2) is 4.39 Å². The topological polar surface area (TPSA) is 64.1 Å². The maximum atomic E-state index is 13.6. The Bertz CT molecular complexity index is 601. The Labute approximate surface area is 130 Å². The van der Waals surface area contributed by atoms with E-state index >= 15 is 0 Å². The molecule has 1 atom stereocenters. The third-order valence-corrected chi connectivity index (χ3v) is 5.75. The van der Waals surface area contributed by atoms with Gasteiger partial charge in [-0.3, -0.25) is 4.90 Å². The SMILES string of the molecule is CN(C)S(=O)(=O)N1CCN(C[C@@H](O)c2ccccc2F)CC1. The van der Waals surface area contributed by atoms with Crippen LogP contribution in [0, 0.1) is 5.82 Å². The fourth-order valence-corrected chi connectivity index (χ4v) is 3.55. The van der Waals surface area contributed by atoms with Crippen molar-refractivity contribution in [3.63, 3.8) is 0 Å². The van der Waals surface area contributed by atoms with Crippen LogP contribution in [0.25, 0.3) is 0 Å². The minimum absolute atomic E-state index is 0.269. The Hall–Kier alpha value is -1.06. The van der Waals surface area contributed by atoms with Crippen LogP contribution in [0.3, 0.4) is 0 Å². The van der Waals surface area contributed by atoms with E-state index in [-0.39, 0.29) is 12.1 Å². The van der Waals surface area contributed by atoms with Crippen LogP contribution >= 0.6 is 0 Å². The summed E-state index contributed by atoms with van der Waals surface area (Å²) >= 11 is 0. The van der Waals surface area contributed by atoms with Crippen LogP contribution in [0.4, 0.5) is 4.39 Å². The fourth-order valence-electron chi connectivity index (χ4n) is 2.46. The van der Waals surface area contributed by atoms with Crippen LogP contribution in [0.5, 0.6) is 0 Å². The first-order valence-electron chi connectivity index (χ1n) is 7.15. The van der Waals surface area contributed by atoms with Gasteiger partial charge in [-0.05, 0) is 6.07 Å². The largest absolute Gasteiger partial charge is 0.387 e. The molecule has 0 aromatic heterocycles. The molecule has 1 aliphatic heterocycles. The Balaban J connectivity index is 1.92. The lowest BCUT2D eigenvalue weighted by Crippen LogP contribution is -2.52. The molecule has 0 bridgehead atoms. The average molecular weight is 331 g/mol. The molecule has 2 rings (SSSR count). The normalized spacial score (nSPS) is 19.5. The maximum Gasteiger partial charge on any atom is 0.281 e. The molecule has 124 valence electrons. The number of hydrogen-bond acceptors (Lipinski definition) is 4. The van der Waals surface area contributed by atoms with Crippen LogP contribution in [-0.2, 0) is 10.2 Å². The maximum absolute atomic E-state index is 13.6. The second kappa shape index (κ2) is 7.01. The van der Waals surface area contributed by atoms with Crippen molar-refractivity contribution in [3.8, 4) is 0 Å². The van der Waals surface area contributed by atoms with Gasteiger partial charge in [0.05, 0.1) is 6.10 Å². The molecule has 22 heavy (non-hydrogen) atoms. The zero-order chi connectivity index (χ0) is 16.3. The third-order valence-electron chi connectivity index (χ3n) is 3.81. The average Bonchev–Trinajstić information content (AvgIpc) is 2.48. The first kappa shape index (κ1) is 17.3. The molecule has 1 N–H and O–H groups in total. The highest BCUT2D eigenvalue weighted by Gasteiger charge is 2.29.